The predicted octanol–water partition coefficient (Wildman–Crippen LogP) is 3.13. The fourth-order valence-electron chi connectivity index (χ4n) is 3.55. The molecule has 0 unspecified atom stereocenters. The van der Waals surface area contributed by atoms with Gasteiger partial charge < -0.3 is 9.84 Å². The second-order valence-corrected chi connectivity index (χ2v) is 7.54. The Morgan fingerprint density at radius 3 is 2.87 bits per heavy atom. The Morgan fingerprint density at radius 1 is 1.06 bits per heavy atom. The molecular formula is C22H17N7O2. The second-order valence-electron chi connectivity index (χ2n) is 7.54. The molecule has 152 valence electrons. The number of carbonyl (C=O) groups is 1. The third kappa shape index (κ3) is 3.20. The van der Waals surface area contributed by atoms with Crippen molar-refractivity contribution in [1.29, 1.82) is 0 Å². The van der Waals surface area contributed by atoms with E-state index in [0.29, 0.717) is 34.5 Å². The van der Waals surface area contributed by atoms with E-state index in [1.54, 1.807) is 6.07 Å². The van der Waals surface area contributed by atoms with Crippen molar-refractivity contribution >= 4 is 22.5 Å². The summed E-state index contributed by atoms with van der Waals surface area (Å²) in [4.78, 5) is 21.6. The van der Waals surface area contributed by atoms with E-state index in [-0.39, 0.29) is 12.5 Å². The van der Waals surface area contributed by atoms with Crippen LogP contribution in [0.1, 0.15) is 40.9 Å². The normalized spacial score (nSPS) is 13.7. The molecule has 0 bridgehead atoms. The molecule has 9 nitrogen and oxygen atoms in total. The van der Waals surface area contributed by atoms with Crippen LogP contribution in [0, 0.1) is 0 Å². The van der Waals surface area contributed by atoms with Crippen LogP contribution in [0.4, 0.5) is 0 Å². The number of amides is 1. The molecule has 0 aliphatic heterocycles. The monoisotopic (exact) mass is 411 g/mol. The molecule has 31 heavy (non-hydrogen) atoms. The maximum Gasteiger partial charge on any atom is 0.270 e. The van der Waals surface area contributed by atoms with E-state index in [2.05, 4.69) is 30.6 Å². The molecule has 1 aliphatic carbocycles. The van der Waals surface area contributed by atoms with Gasteiger partial charge in [0.25, 0.3) is 11.8 Å². The van der Waals surface area contributed by atoms with Gasteiger partial charge in [0.2, 0.25) is 0 Å². The zero-order chi connectivity index (χ0) is 20.8. The van der Waals surface area contributed by atoms with E-state index in [0.717, 1.165) is 29.6 Å². The number of carbonyl (C=O) groups excluding carboxylic acids is 1. The summed E-state index contributed by atoms with van der Waals surface area (Å²) in [5.41, 5.74) is 2.44. The lowest BCUT2D eigenvalue weighted by Crippen LogP contribution is -2.24. The number of rotatable bonds is 5. The van der Waals surface area contributed by atoms with Gasteiger partial charge in [0, 0.05) is 17.5 Å². The lowest BCUT2D eigenvalue weighted by atomic mass is 10.2. The summed E-state index contributed by atoms with van der Waals surface area (Å²) < 4.78 is 7.25. The molecule has 4 aromatic heterocycles. The standard InChI is InChI=1S/C22H17N7O2/c30-21(17-10-9-13-4-1-2-6-16(13)24-17)23-12-18-26-27-20-15(5-3-11-29(18)20)22-25-19(28-31-22)14-7-8-14/h1-6,9-11,14H,7-8,12H2,(H,23,30). The molecule has 0 radical (unpaired) electrons. The average molecular weight is 411 g/mol. The molecule has 4 heterocycles. The number of fused-ring (bicyclic) bond motifs is 2. The van der Waals surface area contributed by atoms with Crippen molar-refractivity contribution in [2.45, 2.75) is 25.3 Å². The summed E-state index contributed by atoms with van der Waals surface area (Å²) in [7, 11) is 0. The minimum absolute atomic E-state index is 0.203. The number of nitrogens with one attached hydrogen (secondary N) is 1. The minimum Gasteiger partial charge on any atom is -0.343 e. The van der Waals surface area contributed by atoms with Crippen LogP contribution < -0.4 is 5.32 Å². The summed E-state index contributed by atoms with van der Waals surface area (Å²) >= 11 is 0. The van der Waals surface area contributed by atoms with E-state index < -0.39 is 0 Å². The number of para-hydroxylation sites is 1. The second kappa shape index (κ2) is 6.98. The molecule has 1 fully saturated rings. The fraction of sp³-hybridized carbons (Fsp3) is 0.182. The van der Waals surface area contributed by atoms with Crippen molar-refractivity contribution in [3.05, 3.63) is 72.1 Å². The number of hydrogen-bond acceptors (Lipinski definition) is 7. The van der Waals surface area contributed by atoms with E-state index >= 15 is 0 Å². The van der Waals surface area contributed by atoms with Gasteiger partial charge in [-0.05, 0) is 37.1 Å². The van der Waals surface area contributed by atoms with Gasteiger partial charge in [-0.15, -0.1) is 10.2 Å². The molecule has 1 saturated carbocycles. The molecule has 1 amide bonds. The van der Waals surface area contributed by atoms with Crippen LogP contribution in [0.5, 0.6) is 0 Å². The fourth-order valence-corrected chi connectivity index (χ4v) is 3.55. The summed E-state index contributed by atoms with van der Waals surface area (Å²) in [5.74, 6) is 1.89. The number of nitrogens with zero attached hydrogens (tertiary/aromatic N) is 6. The van der Waals surface area contributed by atoms with Gasteiger partial charge in [-0.25, -0.2) is 4.98 Å². The Morgan fingerprint density at radius 2 is 1.97 bits per heavy atom. The van der Waals surface area contributed by atoms with Gasteiger partial charge in [0.05, 0.1) is 17.6 Å². The Bertz CT molecular complexity index is 1430. The number of hydrogen-bond donors (Lipinski definition) is 1. The van der Waals surface area contributed by atoms with Crippen LogP contribution in [0.3, 0.4) is 0 Å². The zero-order valence-electron chi connectivity index (χ0n) is 16.4. The minimum atomic E-state index is -0.273. The van der Waals surface area contributed by atoms with Crippen molar-refractivity contribution < 1.29 is 9.32 Å². The van der Waals surface area contributed by atoms with E-state index in [4.69, 9.17) is 4.52 Å². The van der Waals surface area contributed by atoms with Gasteiger partial charge in [0.1, 0.15) is 5.69 Å². The van der Waals surface area contributed by atoms with E-state index in [9.17, 15) is 4.79 Å². The van der Waals surface area contributed by atoms with Crippen LogP contribution in [-0.2, 0) is 6.54 Å². The van der Waals surface area contributed by atoms with Crippen molar-refractivity contribution in [2.75, 3.05) is 0 Å². The molecule has 0 saturated heterocycles. The van der Waals surface area contributed by atoms with Gasteiger partial charge in [-0.3, -0.25) is 9.20 Å². The van der Waals surface area contributed by atoms with Crippen molar-refractivity contribution in [1.82, 2.24) is 35.0 Å². The third-order valence-corrected chi connectivity index (χ3v) is 5.36. The molecule has 0 spiro atoms. The van der Waals surface area contributed by atoms with Crippen molar-refractivity contribution in [2.24, 2.45) is 0 Å². The van der Waals surface area contributed by atoms with Gasteiger partial charge in [-0.2, -0.15) is 4.98 Å². The lowest BCUT2D eigenvalue weighted by molar-refractivity contribution is 0.0945. The Hall–Kier alpha value is -4.14. The molecule has 0 atom stereocenters. The van der Waals surface area contributed by atoms with Crippen molar-refractivity contribution in [3.63, 3.8) is 0 Å². The lowest BCUT2D eigenvalue weighted by Gasteiger charge is -2.05. The smallest absolute Gasteiger partial charge is 0.270 e. The SMILES string of the molecule is O=C(NCc1nnc2c(-c3nc(C4CC4)no3)cccn12)c1ccc2ccccc2n1. The molecule has 6 rings (SSSR count). The van der Waals surface area contributed by atoms with Gasteiger partial charge in [-0.1, -0.05) is 29.4 Å². The zero-order valence-corrected chi connectivity index (χ0v) is 16.4. The van der Waals surface area contributed by atoms with Gasteiger partial charge in [0.15, 0.2) is 17.3 Å². The topological polar surface area (TPSA) is 111 Å². The molecular weight excluding hydrogens is 394 g/mol. The number of benzene rings is 1. The molecule has 5 aromatic rings. The summed E-state index contributed by atoms with van der Waals surface area (Å²) in [6.45, 7) is 0.203. The molecule has 9 heteroatoms. The maximum atomic E-state index is 12.6. The Balaban J connectivity index is 1.24. The molecule has 1 aliphatic rings. The quantitative estimate of drug-likeness (QED) is 0.473. The highest BCUT2D eigenvalue weighted by molar-refractivity contribution is 5.94. The van der Waals surface area contributed by atoms with Crippen LogP contribution in [0.2, 0.25) is 0 Å². The number of aromatic nitrogens is 6. The Kier molecular flexibility index (Phi) is 3.98. The first-order chi connectivity index (χ1) is 15.3. The maximum absolute atomic E-state index is 12.6. The number of pyridine rings is 2. The summed E-state index contributed by atoms with van der Waals surface area (Å²) in [5, 5.41) is 16.4. The Labute approximate surface area is 176 Å². The largest absolute Gasteiger partial charge is 0.343 e. The molecule has 1 aromatic carbocycles. The highest BCUT2D eigenvalue weighted by atomic mass is 16.5. The summed E-state index contributed by atoms with van der Waals surface area (Å²) in [6, 6.07) is 15.0. The van der Waals surface area contributed by atoms with E-state index in [1.807, 2.05) is 53.1 Å². The van der Waals surface area contributed by atoms with Crippen LogP contribution in [0.15, 0.2) is 59.3 Å². The van der Waals surface area contributed by atoms with Crippen LogP contribution in [0.25, 0.3) is 28.0 Å². The van der Waals surface area contributed by atoms with Gasteiger partial charge >= 0.3 is 0 Å². The summed E-state index contributed by atoms with van der Waals surface area (Å²) in [6.07, 6.45) is 4.04. The first kappa shape index (κ1) is 17.7. The highest BCUT2D eigenvalue weighted by Gasteiger charge is 2.29. The predicted molar refractivity (Wildman–Crippen MR) is 111 cm³/mol. The van der Waals surface area contributed by atoms with Crippen LogP contribution >= 0.6 is 0 Å². The van der Waals surface area contributed by atoms with Crippen molar-refractivity contribution in [3.8, 4) is 11.5 Å². The molecule has 1 N–H and O–H groups in total. The van der Waals surface area contributed by atoms with E-state index in [1.165, 1.54) is 0 Å². The highest BCUT2D eigenvalue weighted by Crippen LogP contribution is 2.39. The third-order valence-electron chi connectivity index (χ3n) is 5.36. The first-order valence-corrected chi connectivity index (χ1v) is 10.1. The average Bonchev–Trinajstić information content (AvgIpc) is 3.39. The van der Waals surface area contributed by atoms with Crippen LogP contribution in [-0.4, -0.2) is 35.6 Å². The first-order valence-electron chi connectivity index (χ1n) is 10.1.